The molecule has 1 unspecified atom stereocenters. The second kappa shape index (κ2) is 10.1. The van der Waals surface area contributed by atoms with Gasteiger partial charge in [-0.15, -0.1) is 0 Å². The molecule has 1 rings (SSSR count). The summed E-state index contributed by atoms with van der Waals surface area (Å²) in [6.45, 7) is 9.44. The zero-order valence-corrected chi connectivity index (χ0v) is 18.4. The Morgan fingerprint density at radius 2 is 1.58 bits per heavy atom. The molecule has 0 saturated carbocycles. The quantitative estimate of drug-likeness (QED) is 0.392. The predicted octanol–water partition coefficient (Wildman–Crippen LogP) is 4.73. The molecule has 1 aromatic carbocycles. The van der Waals surface area contributed by atoms with Crippen molar-refractivity contribution in [3.63, 3.8) is 0 Å². The summed E-state index contributed by atoms with van der Waals surface area (Å²) >= 11 is 0. The van der Waals surface area contributed by atoms with Gasteiger partial charge >= 0.3 is 7.60 Å². The van der Waals surface area contributed by atoms with E-state index in [1.54, 1.807) is 13.8 Å². The van der Waals surface area contributed by atoms with Gasteiger partial charge in [-0.3, -0.25) is 4.57 Å². The van der Waals surface area contributed by atoms with Crippen LogP contribution in [0.4, 0.5) is 8.78 Å². The molecule has 0 saturated heterocycles. The van der Waals surface area contributed by atoms with Crippen molar-refractivity contribution in [2.45, 2.75) is 52.0 Å². The van der Waals surface area contributed by atoms with Crippen molar-refractivity contribution in [3.05, 3.63) is 30.3 Å². The van der Waals surface area contributed by atoms with Crippen LogP contribution in [0.5, 0.6) is 0 Å². The fraction of sp³-hybridized carbons (Fsp3) is 0.667. The number of alkyl halides is 2. The molecule has 8 heteroatoms. The van der Waals surface area contributed by atoms with Crippen molar-refractivity contribution < 1.29 is 26.8 Å². The molecule has 0 fully saturated rings. The third-order valence-corrected chi connectivity index (χ3v) is 9.00. The lowest BCUT2D eigenvalue weighted by Gasteiger charge is -2.30. The summed E-state index contributed by atoms with van der Waals surface area (Å²) in [5.41, 5.74) is 0. The van der Waals surface area contributed by atoms with E-state index in [0.717, 1.165) is 5.19 Å². The Morgan fingerprint density at radius 1 is 1.04 bits per heavy atom. The summed E-state index contributed by atoms with van der Waals surface area (Å²) in [4.78, 5) is 0. The zero-order valence-electron chi connectivity index (χ0n) is 16.3. The molecule has 0 radical (unpaired) electrons. The Labute approximate surface area is 157 Å². The van der Waals surface area contributed by atoms with Crippen LogP contribution in [-0.2, 0) is 18.0 Å². The molecule has 1 aromatic rings. The van der Waals surface area contributed by atoms with Crippen molar-refractivity contribution in [1.29, 1.82) is 0 Å². The summed E-state index contributed by atoms with van der Waals surface area (Å²) < 4.78 is 56.9. The predicted molar refractivity (Wildman–Crippen MR) is 104 cm³/mol. The Bertz CT molecular complexity index is 568. The number of halogens is 2. The maximum absolute atomic E-state index is 14.3. The third kappa shape index (κ3) is 7.97. The van der Waals surface area contributed by atoms with Crippen LogP contribution in [0.1, 0.15) is 41.0 Å². The van der Waals surface area contributed by atoms with E-state index in [2.05, 4.69) is 20.8 Å². The number of benzene rings is 1. The second-order valence-electron chi connectivity index (χ2n) is 7.24. The maximum Gasteiger partial charge on any atom is 0.336 e. The summed E-state index contributed by atoms with van der Waals surface area (Å²) in [5.74, 6) is -3.17. The standard InChI is InChI=1S/C18H31F2O4PSi/c1-6-22-25(21,23-7-2)15-18(19,20)13-14-24-26(17(3,4)5)16-11-9-8-10-12-16/h8-12,26H,6-7,13-15H2,1-5H3. The van der Waals surface area contributed by atoms with E-state index in [9.17, 15) is 13.3 Å². The summed E-state index contributed by atoms with van der Waals surface area (Å²) in [6.07, 6.45) is -1.43. The highest BCUT2D eigenvalue weighted by molar-refractivity contribution is 7.53. The molecule has 0 aliphatic carbocycles. The van der Waals surface area contributed by atoms with Crippen LogP contribution in [0.25, 0.3) is 0 Å². The van der Waals surface area contributed by atoms with Crippen molar-refractivity contribution in [2.75, 3.05) is 26.0 Å². The van der Waals surface area contributed by atoms with Gasteiger partial charge in [-0.25, -0.2) is 8.78 Å². The van der Waals surface area contributed by atoms with Gasteiger partial charge in [0.2, 0.25) is 9.04 Å². The minimum Gasteiger partial charge on any atom is -0.415 e. The molecule has 150 valence electrons. The Balaban J connectivity index is 2.71. The molecule has 0 heterocycles. The molecule has 0 spiro atoms. The van der Waals surface area contributed by atoms with Gasteiger partial charge in [-0.2, -0.15) is 0 Å². The van der Waals surface area contributed by atoms with E-state index in [1.807, 2.05) is 30.3 Å². The van der Waals surface area contributed by atoms with Gasteiger partial charge in [0.05, 0.1) is 13.2 Å². The first-order valence-corrected chi connectivity index (χ1v) is 12.3. The van der Waals surface area contributed by atoms with Gasteiger partial charge in [0, 0.05) is 13.0 Å². The fourth-order valence-electron chi connectivity index (χ4n) is 2.68. The van der Waals surface area contributed by atoms with Crippen molar-refractivity contribution >= 4 is 21.8 Å². The van der Waals surface area contributed by atoms with E-state index in [0.29, 0.717) is 0 Å². The summed E-state index contributed by atoms with van der Waals surface area (Å²) in [5, 5.41) is 0.973. The van der Waals surface area contributed by atoms with E-state index in [-0.39, 0.29) is 24.9 Å². The number of hydrogen-bond acceptors (Lipinski definition) is 4. The van der Waals surface area contributed by atoms with Crippen molar-refractivity contribution in [3.8, 4) is 0 Å². The maximum atomic E-state index is 14.3. The SMILES string of the molecule is CCOP(=O)(CC(F)(F)CCO[SiH](c1ccccc1)C(C)(C)C)OCC. The smallest absolute Gasteiger partial charge is 0.336 e. The molecule has 1 atom stereocenters. The van der Waals surface area contributed by atoms with Gasteiger partial charge in [0.1, 0.15) is 6.16 Å². The van der Waals surface area contributed by atoms with E-state index < -0.39 is 35.1 Å². The lowest BCUT2D eigenvalue weighted by molar-refractivity contribution is -0.00247. The minimum absolute atomic E-state index is 0.0663. The van der Waals surface area contributed by atoms with Crippen LogP contribution in [0.3, 0.4) is 0 Å². The highest BCUT2D eigenvalue weighted by atomic mass is 31.2. The molecule has 0 aliphatic heterocycles. The first-order valence-electron chi connectivity index (χ1n) is 8.95. The van der Waals surface area contributed by atoms with Gasteiger partial charge in [0.15, 0.2) is 0 Å². The molecular weight excluding hydrogens is 377 g/mol. The van der Waals surface area contributed by atoms with Gasteiger partial charge in [-0.05, 0) is 24.1 Å². The van der Waals surface area contributed by atoms with Crippen LogP contribution in [0.2, 0.25) is 5.04 Å². The summed E-state index contributed by atoms with van der Waals surface area (Å²) in [7, 11) is -5.70. The molecule has 26 heavy (non-hydrogen) atoms. The van der Waals surface area contributed by atoms with Crippen LogP contribution < -0.4 is 5.19 Å². The summed E-state index contributed by atoms with van der Waals surface area (Å²) in [6, 6.07) is 9.75. The van der Waals surface area contributed by atoms with Crippen molar-refractivity contribution in [1.82, 2.24) is 0 Å². The molecular formula is C18H31F2O4PSi. The van der Waals surface area contributed by atoms with Gasteiger partial charge in [-0.1, -0.05) is 51.1 Å². The number of rotatable bonds is 11. The zero-order chi connectivity index (χ0) is 19.8. The first-order chi connectivity index (χ1) is 12.0. The van der Waals surface area contributed by atoms with Crippen LogP contribution in [0.15, 0.2) is 30.3 Å². The van der Waals surface area contributed by atoms with E-state index in [1.165, 1.54) is 0 Å². The average molecular weight is 408 g/mol. The molecule has 0 amide bonds. The van der Waals surface area contributed by atoms with Gasteiger partial charge in [0.25, 0.3) is 5.92 Å². The molecule has 0 aliphatic rings. The monoisotopic (exact) mass is 408 g/mol. The highest BCUT2D eigenvalue weighted by Gasteiger charge is 2.41. The third-order valence-electron chi connectivity index (χ3n) is 3.72. The van der Waals surface area contributed by atoms with E-state index in [4.69, 9.17) is 13.5 Å². The number of hydrogen-bond donors (Lipinski definition) is 0. The lowest BCUT2D eigenvalue weighted by atomic mass is 10.2. The second-order valence-corrected chi connectivity index (χ2v) is 12.8. The van der Waals surface area contributed by atoms with Crippen LogP contribution in [0, 0.1) is 0 Å². The molecule has 0 bridgehead atoms. The van der Waals surface area contributed by atoms with Gasteiger partial charge < -0.3 is 13.5 Å². The first kappa shape index (κ1) is 23.4. The van der Waals surface area contributed by atoms with Crippen LogP contribution >= 0.6 is 7.60 Å². The molecule has 0 aromatic heterocycles. The lowest BCUT2D eigenvalue weighted by Crippen LogP contribution is -2.42. The van der Waals surface area contributed by atoms with E-state index >= 15 is 0 Å². The average Bonchev–Trinajstić information content (AvgIpc) is 2.51. The fourth-order valence-corrected chi connectivity index (χ4v) is 7.07. The normalized spacial score (nSPS) is 14.4. The Kier molecular flexibility index (Phi) is 9.10. The Morgan fingerprint density at radius 3 is 2.04 bits per heavy atom. The Hall–Kier alpha value is -0.593. The van der Waals surface area contributed by atoms with Crippen molar-refractivity contribution in [2.24, 2.45) is 0 Å². The minimum atomic E-state index is -3.79. The molecule has 4 nitrogen and oxygen atoms in total. The largest absolute Gasteiger partial charge is 0.415 e. The highest BCUT2D eigenvalue weighted by Crippen LogP contribution is 2.52. The van der Waals surface area contributed by atoms with Crippen LogP contribution in [-0.4, -0.2) is 40.9 Å². The topological polar surface area (TPSA) is 44.8 Å². The molecule has 0 N–H and O–H groups in total.